The molecule has 0 amide bonds. The van der Waals surface area contributed by atoms with E-state index in [1.54, 1.807) is 18.2 Å². The number of rotatable bonds is 18. The first-order chi connectivity index (χ1) is 34.0. The predicted octanol–water partition coefficient (Wildman–Crippen LogP) is 12.2. The van der Waals surface area contributed by atoms with Gasteiger partial charge >= 0.3 is 35.1 Å². The van der Waals surface area contributed by atoms with Crippen LogP contribution in [0.25, 0.3) is 18.2 Å². The summed E-state index contributed by atoms with van der Waals surface area (Å²) in [5.41, 5.74) is 6.42. The van der Waals surface area contributed by atoms with E-state index in [4.69, 9.17) is 14.2 Å². The molecule has 12 heteroatoms. The highest BCUT2D eigenvalue weighted by Gasteiger charge is 2.17. The molecule has 0 saturated heterocycles. The van der Waals surface area contributed by atoms with Crippen molar-refractivity contribution in [2.24, 2.45) is 0 Å². The molecule has 0 saturated carbocycles. The smallest absolute Gasteiger partial charge is 0.336 e. The number of benzene rings is 3. The quantitative estimate of drug-likeness (QED) is 0.0787. The Kier molecular flexibility index (Phi) is 27.1. The Balaban J connectivity index is 0.000000456. The minimum absolute atomic E-state index is 0.0478. The minimum atomic E-state index is -0.662. The Bertz CT molecular complexity index is 2560. The summed E-state index contributed by atoms with van der Waals surface area (Å²) in [6.45, 7) is 53.3. The molecule has 0 aliphatic carbocycles. The molecule has 384 valence electrons. The van der Waals surface area contributed by atoms with Crippen molar-refractivity contribution < 1.29 is 14.2 Å². The number of nitrogens with zero attached hydrogens (tertiary/aromatic N) is 6. The van der Waals surface area contributed by atoms with E-state index in [1.807, 2.05) is 24.3 Å². The third-order valence-electron chi connectivity index (χ3n) is 9.87. The first-order valence-corrected chi connectivity index (χ1v) is 23.4. The third kappa shape index (κ3) is 21.4. The molecule has 72 heavy (non-hydrogen) atoms. The molecule has 5 aromatic rings. The van der Waals surface area contributed by atoms with Gasteiger partial charge in [0.25, 0.3) is 0 Å². The zero-order chi connectivity index (χ0) is 54.5. The molecule has 3 aromatic carbocycles. The number of allylic oxidation sites excluding steroid dienone is 3. The standard InChI is InChI=1S/2C12H15N3O3.3C12H16/c1-4-7-16-10-13-11(17-8-5-2)15-12(14-10)18-9-6-3;1-4-7-13-10(16)14(8-5-2)12(18)15(9-6-3)11(13)17;1-5-10-6-8-11(9-7-10)12(2,3)4;1-5-10-7-6-8-11(9-10)12(2,3)4;1-5-10-8-6-7-9-11(10)12(2,3)4/h2*4-6H,1-3,7-9H2;3*5-9H,1H2,2-4H3. The van der Waals surface area contributed by atoms with Crippen molar-refractivity contribution in [1.29, 1.82) is 0 Å². The highest BCUT2D eigenvalue weighted by molar-refractivity contribution is 5.54. The van der Waals surface area contributed by atoms with Crippen LogP contribution in [0.5, 0.6) is 18.0 Å². The Labute approximate surface area is 428 Å². The maximum atomic E-state index is 11.9. The van der Waals surface area contributed by atoms with Gasteiger partial charge in [-0.25, -0.2) is 28.1 Å². The zero-order valence-corrected chi connectivity index (χ0v) is 44.4. The minimum Gasteiger partial charge on any atom is -0.459 e. The topological polar surface area (TPSA) is 132 Å². The second kappa shape index (κ2) is 31.4. The Hall–Kier alpha value is -7.86. The molecular weight excluding hydrogens is 901 g/mol. The molecule has 0 aliphatic rings. The van der Waals surface area contributed by atoms with Crippen molar-refractivity contribution in [3.8, 4) is 18.0 Å². The van der Waals surface area contributed by atoms with Crippen LogP contribution in [0.4, 0.5) is 0 Å². The summed E-state index contributed by atoms with van der Waals surface area (Å²) in [5.74, 6) is 0. The number of aromatic nitrogens is 6. The molecule has 2 heterocycles. The van der Waals surface area contributed by atoms with Crippen LogP contribution in [0.2, 0.25) is 0 Å². The number of hydrogen-bond donors (Lipinski definition) is 0. The second-order valence-corrected chi connectivity index (χ2v) is 18.7. The fraction of sp³-hybridized carbons (Fsp3) is 0.300. The fourth-order valence-corrected chi connectivity index (χ4v) is 6.06. The molecule has 0 unspecified atom stereocenters. The third-order valence-corrected chi connectivity index (χ3v) is 9.87. The van der Waals surface area contributed by atoms with E-state index in [9.17, 15) is 14.4 Å². The summed E-state index contributed by atoms with van der Waals surface area (Å²) in [5, 5.41) is 0. The Morgan fingerprint density at radius 3 is 1.12 bits per heavy atom. The van der Waals surface area contributed by atoms with Gasteiger partial charge in [-0.2, -0.15) is 0 Å². The highest BCUT2D eigenvalue weighted by Crippen LogP contribution is 2.26. The first-order valence-electron chi connectivity index (χ1n) is 23.4. The van der Waals surface area contributed by atoms with Gasteiger partial charge in [-0.15, -0.1) is 34.7 Å². The van der Waals surface area contributed by atoms with Crippen molar-refractivity contribution in [2.45, 2.75) is 98.2 Å². The van der Waals surface area contributed by atoms with Gasteiger partial charge in [0.05, 0.1) is 19.6 Å². The summed E-state index contributed by atoms with van der Waals surface area (Å²) in [7, 11) is 0. The van der Waals surface area contributed by atoms with Crippen molar-refractivity contribution in [3.63, 3.8) is 0 Å². The monoisotopic (exact) mass is 979 g/mol. The summed E-state index contributed by atoms with van der Waals surface area (Å²) < 4.78 is 18.5. The van der Waals surface area contributed by atoms with Crippen molar-refractivity contribution in [1.82, 2.24) is 28.7 Å². The Morgan fingerprint density at radius 1 is 0.431 bits per heavy atom. The van der Waals surface area contributed by atoms with Crippen LogP contribution in [-0.4, -0.2) is 48.5 Å². The van der Waals surface area contributed by atoms with Crippen LogP contribution in [0.3, 0.4) is 0 Å². The molecule has 0 N–H and O–H groups in total. The van der Waals surface area contributed by atoms with E-state index < -0.39 is 17.1 Å². The average molecular weight is 979 g/mol. The van der Waals surface area contributed by atoms with E-state index in [2.05, 4.69) is 203 Å². The van der Waals surface area contributed by atoms with E-state index in [0.29, 0.717) is 0 Å². The normalized spacial score (nSPS) is 10.5. The molecule has 0 radical (unpaired) electrons. The molecule has 12 nitrogen and oxygen atoms in total. The molecule has 0 fully saturated rings. The number of ether oxygens (including phenoxy) is 3. The van der Waals surface area contributed by atoms with Gasteiger partial charge < -0.3 is 14.2 Å². The van der Waals surface area contributed by atoms with E-state index in [1.165, 1.54) is 51.6 Å². The van der Waals surface area contributed by atoms with E-state index in [-0.39, 0.29) is 73.7 Å². The Morgan fingerprint density at radius 2 is 0.819 bits per heavy atom. The van der Waals surface area contributed by atoms with Gasteiger partial charge in [-0.05, 0) is 49.6 Å². The van der Waals surface area contributed by atoms with Gasteiger partial charge in [0.15, 0.2) is 0 Å². The van der Waals surface area contributed by atoms with Gasteiger partial charge in [-0.1, -0.05) is 229 Å². The summed E-state index contributed by atoms with van der Waals surface area (Å²) in [6, 6.07) is 25.8. The van der Waals surface area contributed by atoms with Gasteiger partial charge in [0.2, 0.25) is 0 Å². The lowest BCUT2D eigenvalue weighted by Gasteiger charge is -2.21. The molecular formula is C60H78N6O6. The van der Waals surface area contributed by atoms with Gasteiger partial charge in [0.1, 0.15) is 19.8 Å². The lowest BCUT2D eigenvalue weighted by Crippen LogP contribution is -2.54. The van der Waals surface area contributed by atoms with Crippen LogP contribution in [0.15, 0.2) is 183 Å². The van der Waals surface area contributed by atoms with Crippen LogP contribution >= 0.6 is 0 Å². The van der Waals surface area contributed by atoms with Crippen molar-refractivity contribution >= 4 is 18.2 Å². The van der Waals surface area contributed by atoms with E-state index >= 15 is 0 Å². The van der Waals surface area contributed by atoms with Crippen molar-refractivity contribution in [3.05, 3.63) is 233 Å². The van der Waals surface area contributed by atoms with Crippen LogP contribution in [-0.2, 0) is 35.9 Å². The average Bonchev–Trinajstić information content (AvgIpc) is 3.36. The largest absolute Gasteiger partial charge is 0.459 e. The SMILES string of the molecule is C=CCOc1nc(OCC=C)nc(OCC=C)n1.C=CCn1c(=O)n(CC=C)c(=O)n(CC=C)c1=O.C=Cc1ccc(C(C)(C)C)cc1.C=Cc1cccc(C(C)(C)C)c1.C=Cc1ccccc1C(C)(C)C. The van der Waals surface area contributed by atoms with Crippen LogP contribution < -0.4 is 31.3 Å². The van der Waals surface area contributed by atoms with Crippen LogP contribution in [0, 0.1) is 0 Å². The zero-order valence-electron chi connectivity index (χ0n) is 44.4. The summed E-state index contributed by atoms with van der Waals surface area (Å²) in [6.07, 6.45) is 14.7. The van der Waals surface area contributed by atoms with Gasteiger partial charge in [-0.3, -0.25) is 0 Å². The van der Waals surface area contributed by atoms with Crippen molar-refractivity contribution in [2.75, 3.05) is 19.8 Å². The lowest BCUT2D eigenvalue weighted by atomic mass is 9.84. The van der Waals surface area contributed by atoms with Gasteiger partial charge in [0, 0.05) is 0 Å². The highest BCUT2D eigenvalue weighted by atomic mass is 16.5. The second-order valence-electron chi connectivity index (χ2n) is 18.7. The van der Waals surface area contributed by atoms with Crippen LogP contribution in [0.1, 0.15) is 95.7 Å². The molecule has 0 spiro atoms. The summed E-state index contributed by atoms with van der Waals surface area (Å²) in [4.78, 5) is 47.7. The number of hydrogen-bond acceptors (Lipinski definition) is 9. The molecule has 2 aromatic heterocycles. The first kappa shape index (κ1) is 62.2. The fourth-order valence-electron chi connectivity index (χ4n) is 6.06. The molecule has 0 bridgehead atoms. The summed E-state index contributed by atoms with van der Waals surface area (Å²) >= 11 is 0. The maximum absolute atomic E-state index is 11.9. The van der Waals surface area contributed by atoms with E-state index in [0.717, 1.165) is 13.7 Å². The predicted molar refractivity (Wildman–Crippen MR) is 302 cm³/mol. The maximum Gasteiger partial charge on any atom is 0.336 e. The molecule has 5 rings (SSSR count). The lowest BCUT2D eigenvalue weighted by molar-refractivity contribution is 0.268. The molecule has 0 atom stereocenters. The molecule has 0 aliphatic heterocycles.